The van der Waals surface area contributed by atoms with E-state index in [4.69, 9.17) is 0 Å². The van der Waals surface area contributed by atoms with Crippen LogP contribution in [0.2, 0.25) is 0 Å². The first kappa shape index (κ1) is 16.5. The van der Waals surface area contributed by atoms with E-state index in [2.05, 4.69) is 10.4 Å². The highest BCUT2D eigenvalue weighted by molar-refractivity contribution is 7.89. The summed E-state index contributed by atoms with van der Waals surface area (Å²) in [6.07, 6.45) is 2.49. The zero-order chi connectivity index (χ0) is 15.8. The molecule has 0 radical (unpaired) electrons. The third kappa shape index (κ3) is 3.46. The Morgan fingerprint density at radius 2 is 2.00 bits per heavy atom. The van der Waals surface area contributed by atoms with E-state index in [1.54, 1.807) is 18.7 Å². The molecule has 0 bridgehead atoms. The molecule has 1 N–H and O–H groups in total. The van der Waals surface area contributed by atoms with Gasteiger partial charge >= 0.3 is 0 Å². The largest absolute Gasteiger partial charge is 0.312 e. The number of hydrogen-bond acceptors (Lipinski definition) is 4. The summed E-state index contributed by atoms with van der Waals surface area (Å²) in [4.78, 5) is 0.352. The summed E-state index contributed by atoms with van der Waals surface area (Å²) in [5, 5.41) is 7.83. The number of aryl methyl sites for hydroxylation is 1. The van der Waals surface area contributed by atoms with Crippen LogP contribution in [0.15, 0.2) is 4.90 Å². The van der Waals surface area contributed by atoms with Crippen molar-refractivity contribution in [3.05, 3.63) is 11.4 Å². The number of sulfonamides is 1. The van der Waals surface area contributed by atoms with Gasteiger partial charge in [0.25, 0.3) is 0 Å². The lowest BCUT2D eigenvalue weighted by Gasteiger charge is -2.21. The molecule has 0 aliphatic heterocycles. The van der Waals surface area contributed by atoms with Crippen LogP contribution in [0.3, 0.4) is 0 Å². The third-order valence-corrected chi connectivity index (χ3v) is 6.30. The summed E-state index contributed by atoms with van der Waals surface area (Å²) in [6.45, 7) is 8.85. The van der Waals surface area contributed by atoms with E-state index in [1.807, 2.05) is 20.8 Å². The van der Waals surface area contributed by atoms with Gasteiger partial charge in [0.1, 0.15) is 4.90 Å². The van der Waals surface area contributed by atoms with E-state index < -0.39 is 10.0 Å². The highest BCUT2D eigenvalue weighted by Crippen LogP contribution is 2.24. The van der Waals surface area contributed by atoms with Gasteiger partial charge in [0, 0.05) is 25.7 Å². The Balaban J connectivity index is 2.21. The van der Waals surface area contributed by atoms with Gasteiger partial charge in [0.15, 0.2) is 0 Å². The van der Waals surface area contributed by atoms with Gasteiger partial charge in [0.2, 0.25) is 10.0 Å². The molecule has 0 unspecified atom stereocenters. The molecule has 120 valence electrons. The fourth-order valence-corrected chi connectivity index (χ4v) is 4.09. The van der Waals surface area contributed by atoms with E-state index in [-0.39, 0.29) is 6.04 Å². The lowest BCUT2D eigenvalue weighted by molar-refractivity contribution is 0.410. The number of aromatic nitrogens is 2. The van der Waals surface area contributed by atoms with Crippen LogP contribution < -0.4 is 5.32 Å². The molecule has 0 spiro atoms. The lowest BCUT2D eigenvalue weighted by Crippen LogP contribution is -2.33. The predicted molar refractivity (Wildman–Crippen MR) is 82.8 cm³/mol. The second-order valence-electron chi connectivity index (χ2n) is 6.07. The molecule has 1 heterocycles. The molecule has 0 aromatic carbocycles. The van der Waals surface area contributed by atoms with Crippen LogP contribution in [0.4, 0.5) is 0 Å². The Labute approximate surface area is 127 Å². The molecule has 1 saturated carbocycles. The molecule has 1 aromatic rings. The zero-order valence-electron chi connectivity index (χ0n) is 13.5. The van der Waals surface area contributed by atoms with Gasteiger partial charge in [-0.25, -0.2) is 8.42 Å². The maximum absolute atomic E-state index is 12.7. The molecular formula is C14H26N4O2S. The average Bonchev–Trinajstić information content (AvgIpc) is 3.15. The van der Waals surface area contributed by atoms with Crippen LogP contribution in [-0.4, -0.2) is 48.2 Å². The number of hydrogen-bond donors (Lipinski definition) is 1. The van der Waals surface area contributed by atoms with Gasteiger partial charge < -0.3 is 5.32 Å². The minimum absolute atomic E-state index is 0.0753. The summed E-state index contributed by atoms with van der Waals surface area (Å²) < 4.78 is 28.6. The van der Waals surface area contributed by atoms with Gasteiger partial charge in [-0.05, 0) is 40.5 Å². The Bertz CT molecular complexity index is 603. The van der Waals surface area contributed by atoms with E-state index in [9.17, 15) is 8.42 Å². The van der Waals surface area contributed by atoms with Crippen molar-refractivity contribution in [2.45, 2.75) is 64.1 Å². The molecule has 1 aliphatic rings. The van der Waals surface area contributed by atoms with Gasteiger partial charge in [-0.2, -0.15) is 9.40 Å². The van der Waals surface area contributed by atoms with E-state index in [0.29, 0.717) is 23.2 Å². The second kappa shape index (κ2) is 6.06. The fourth-order valence-electron chi connectivity index (χ4n) is 2.36. The van der Waals surface area contributed by atoms with Crippen molar-refractivity contribution >= 4 is 10.0 Å². The maximum Gasteiger partial charge on any atom is 0.246 e. The molecular weight excluding hydrogens is 288 g/mol. The molecule has 2 rings (SSSR count). The maximum atomic E-state index is 12.7. The molecule has 1 aromatic heterocycles. The van der Waals surface area contributed by atoms with Crippen LogP contribution in [0.25, 0.3) is 0 Å². The van der Waals surface area contributed by atoms with Crippen LogP contribution in [0.1, 0.15) is 38.1 Å². The van der Waals surface area contributed by atoms with Crippen LogP contribution in [0.5, 0.6) is 0 Å². The highest BCUT2D eigenvalue weighted by Gasteiger charge is 2.30. The standard InChI is InChI=1S/C14H26N4O2S/c1-10(2)17(5)21(19,20)14-11(3)16-18(12(14)4)9-8-15-13-6-7-13/h10,13,15H,6-9H2,1-5H3. The number of rotatable bonds is 7. The van der Waals surface area contributed by atoms with Crippen molar-refractivity contribution in [2.24, 2.45) is 0 Å². The fraction of sp³-hybridized carbons (Fsp3) is 0.786. The van der Waals surface area contributed by atoms with Crippen molar-refractivity contribution < 1.29 is 8.42 Å². The normalized spacial score (nSPS) is 16.1. The third-order valence-electron chi connectivity index (χ3n) is 4.01. The van der Waals surface area contributed by atoms with Crippen molar-refractivity contribution in [3.63, 3.8) is 0 Å². The topological polar surface area (TPSA) is 67.2 Å². The zero-order valence-corrected chi connectivity index (χ0v) is 14.4. The van der Waals surface area contributed by atoms with Crippen molar-refractivity contribution in [2.75, 3.05) is 13.6 Å². The van der Waals surface area contributed by atoms with E-state index in [0.717, 1.165) is 12.2 Å². The molecule has 0 saturated heterocycles. The van der Waals surface area contributed by atoms with Crippen LogP contribution in [-0.2, 0) is 16.6 Å². The SMILES string of the molecule is Cc1nn(CCNC2CC2)c(C)c1S(=O)(=O)N(C)C(C)C. The van der Waals surface area contributed by atoms with Gasteiger partial charge in [0.05, 0.1) is 17.9 Å². The predicted octanol–water partition coefficient (Wildman–Crippen LogP) is 1.28. The number of nitrogens with zero attached hydrogens (tertiary/aromatic N) is 3. The Morgan fingerprint density at radius 1 is 1.38 bits per heavy atom. The Hall–Kier alpha value is -0.920. The van der Waals surface area contributed by atoms with Gasteiger partial charge in [-0.1, -0.05) is 0 Å². The number of nitrogens with one attached hydrogen (secondary N) is 1. The Kier molecular flexibility index (Phi) is 4.75. The minimum atomic E-state index is -3.48. The minimum Gasteiger partial charge on any atom is -0.312 e. The molecule has 0 amide bonds. The van der Waals surface area contributed by atoms with Crippen molar-refractivity contribution in [1.29, 1.82) is 0 Å². The summed E-state index contributed by atoms with van der Waals surface area (Å²) in [5.41, 5.74) is 1.30. The molecule has 6 nitrogen and oxygen atoms in total. The Morgan fingerprint density at radius 3 is 2.52 bits per heavy atom. The average molecular weight is 314 g/mol. The first-order valence-electron chi connectivity index (χ1n) is 7.50. The molecule has 7 heteroatoms. The quantitative estimate of drug-likeness (QED) is 0.823. The van der Waals surface area contributed by atoms with Crippen LogP contribution in [0, 0.1) is 13.8 Å². The van der Waals surface area contributed by atoms with Crippen molar-refractivity contribution in [3.8, 4) is 0 Å². The van der Waals surface area contributed by atoms with Gasteiger partial charge in [-0.15, -0.1) is 0 Å². The second-order valence-corrected chi connectivity index (χ2v) is 8.00. The summed E-state index contributed by atoms with van der Waals surface area (Å²) in [7, 11) is -1.86. The lowest BCUT2D eigenvalue weighted by atomic mass is 10.4. The molecule has 1 aliphatic carbocycles. The monoisotopic (exact) mass is 314 g/mol. The van der Waals surface area contributed by atoms with E-state index in [1.165, 1.54) is 17.1 Å². The molecule has 1 fully saturated rings. The summed E-state index contributed by atoms with van der Waals surface area (Å²) in [5.74, 6) is 0. The molecule has 21 heavy (non-hydrogen) atoms. The summed E-state index contributed by atoms with van der Waals surface area (Å²) >= 11 is 0. The van der Waals surface area contributed by atoms with Crippen molar-refractivity contribution in [1.82, 2.24) is 19.4 Å². The smallest absolute Gasteiger partial charge is 0.246 e. The highest BCUT2D eigenvalue weighted by atomic mass is 32.2. The van der Waals surface area contributed by atoms with Gasteiger partial charge in [-0.3, -0.25) is 4.68 Å². The first-order chi connectivity index (χ1) is 9.75. The summed E-state index contributed by atoms with van der Waals surface area (Å²) in [6, 6.07) is 0.575. The molecule has 0 atom stereocenters. The first-order valence-corrected chi connectivity index (χ1v) is 8.94. The van der Waals surface area contributed by atoms with E-state index >= 15 is 0 Å². The van der Waals surface area contributed by atoms with Crippen LogP contribution >= 0.6 is 0 Å².